The normalized spacial score (nSPS) is 15.1. The molecule has 0 fully saturated rings. The molecule has 4 nitrogen and oxygen atoms in total. The number of fused-ring (bicyclic) bond motifs is 1. The molecule has 1 aliphatic heterocycles. The molecule has 0 saturated carbocycles. The van der Waals surface area contributed by atoms with Crippen molar-refractivity contribution in [2.75, 3.05) is 14.1 Å². The summed E-state index contributed by atoms with van der Waals surface area (Å²) >= 11 is 5.87. The minimum absolute atomic E-state index is 0.144. The number of rotatable bonds is 3. The molecule has 0 unspecified atom stereocenters. The van der Waals surface area contributed by atoms with E-state index < -0.39 is 0 Å². The van der Waals surface area contributed by atoms with Crippen molar-refractivity contribution in [1.82, 2.24) is 0 Å². The molecule has 0 radical (unpaired) electrons. The molecule has 3 rings (SSSR count). The Balaban J connectivity index is 2.00. The largest absolute Gasteiger partial charge is 0.507 e. The summed E-state index contributed by atoms with van der Waals surface area (Å²) in [5, 5.41) is 10.7. The molecular weight excluding hydrogens is 314 g/mol. The monoisotopic (exact) mass is 330 g/mol. The first kappa shape index (κ1) is 15.6. The van der Waals surface area contributed by atoms with Gasteiger partial charge in [-0.3, -0.25) is 4.79 Å². The third-order valence-electron chi connectivity index (χ3n) is 3.61. The summed E-state index contributed by atoms with van der Waals surface area (Å²) in [7, 11) is 3.94. The number of carbonyl (C=O) groups is 1. The zero-order valence-electron chi connectivity index (χ0n) is 12.9. The number of halogens is 1. The highest BCUT2D eigenvalue weighted by Gasteiger charge is 2.31. The van der Waals surface area contributed by atoms with Gasteiger partial charge >= 0.3 is 0 Å². The number of hydrogen-bond donors (Lipinski definition) is 2. The Kier molecular flexibility index (Phi) is 4.11. The summed E-state index contributed by atoms with van der Waals surface area (Å²) in [6.07, 6.45) is 1.68. The second-order valence-corrected chi connectivity index (χ2v) is 6.25. The highest BCUT2D eigenvalue weighted by atomic mass is 35.5. The Hall–Kier alpha value is -2.30. The van der Waals surface area contributed by atoms with E-state index in [1.807, 2.05) is 26.2 Å². The van der Waals surface area contributed by atoms with E-state index >= 15 is 0 Å². The minimum Gasteiger partial charge on any atom is -0.507 e. The summed E-state index contributed by atoms with van der Waals surface area (Å²) in [5.74, 6) is 0.676. The summed E-state index contributed by atoms with van der Waals surface area (Å²) in [6.45, 7) is 0.566. The first-order valence-corrected chi connectivity index (χ1v) is 7.67. The van der Waals surface area contributed by atoms with Gasteiger partial charge in [0, 0.05) is 5.02 Å². The molecule has 2 aromatic carbocycles. The fraction of sp³-hybridized carbons (Fsp3) is 0.167. The van der Waals surface area contributed by atoms with Crippen LogP contribution in [0.15, 0.2) is 42.2 Å². The Morgan fingerprint density at radius 1 is 1.17 bits per heavy atom. The number of Topliss-reactive ketones (excluding diaryl/α,β-unsaturated/α-hetero) is 1. The van der Waals surface area contributed by atoms with Crippen LogP contribution in [0.4, 0.5) is 0 Å². The van der Waals surface area contributed by atoms with Crippen LogP contribution in [-0.4, -0.2) is 25.0 Å². The van der Waals surface area contributed by atoms with Crippen molar-refractivity contribution in [1.29, 1.82) is 0 Å². The number of phenols is 1. The highest BCUT2D eigenvalue weighted by molar-refractivity contribution is 6.30. The van der Waals surface area contributed by atoms with E-state index in [1.54, 1.807) is 30.3 Å². The number of ether oxygens (including phenoxy) is 1. The number of aromatic hydroxyl groups is 1. The topological polar surface area (TPSA) is 51.0 Å². The third kappa shape index (κ3) is 3.09. The number of phenolic OH excluding ortho intramolecular Hbond substituents is 1. The molecule has 1 heterocycles. The molecule has 0 atom stereocenters. The standard InChI is InChI=1S/C18H16ClNO3/c1-20(2)10-14-15(21)8-7-13-17(22)16(23-18(13)14)9-11-3-5-12(19)6-4-11/h3-9,21H,10H2,1-2H3/p+1/b16-9-. The van der Waals surface area contributed by atoms with Crippen molar-refractivity contribution < 1.29 is 19.5 Å². The van der Waals surface area contributed by atoms with Crippen LogP contribution in [0.1, 0.15) is 21.5 Å². The molecule has 5 heteroatoms. The Morgan fingerprint density at radius 2 is 1.87 bits per heavy atom. The van der Waals surface area contributed by atoms with Crippen LogP contribution < -0.4 is 9.64 Å². The van der Waals surface area contributed by atoms with Gasteiger partial charge in [0.1, 0.15) is 12.3 Å². The SMILES string of the molecule is C[NH+](C)Cc1c(O)ccc2c1O/C(=C\c1ccc(Cl)cc1)C2=O. The summed E-state index contributed by atoms with van der Waals surface area (Å²) < 4.78 is 5.77. The smallest absolute Gasteiger partial charge is 0.231 e. The van der Waals surface area contributed by atoms with Crippen molar-refractivity contribution in [2.45, 2.75) is 6.54 Å². The maximum Gasteiger partial charge on any atom is 0.231 e. The van der Waals surface area contributed by atoms with Gasteiger partial charge in [0.2, 0.25) is 5.78 Å². The summed E-state index contributed by atoms with van der Waals surface area (Å²) in [6, 6.07) is 10.3. The van der Waals surface area contributed by atoms with Gasteiger partial charge in [0.15, 0.2) is 11.5 Å². The predicted molar refractivity (Wildman–Crippen MR) is 89.0 cm³/mol. The maximum absolute atomic E-state index is 12.5. The van der Waals surface area contributed by atoms with Gasteiger partial charge in [-0.1, -0.05) is 23.7 Å². The lowest BCUT2D eigenvalue weighted by molar-refractivity contribution is -0.872. The highest BCUT2D eigenvalue weighted by Crippen LogP contribution is 2.39. The Labute approximate surface area is 139 Å². The second kappa shape index (κ2) is 6.07. The lowest BCUT2D eigenvalue weighted by atomic mass is 10.0. The van der Waals surface area contributed by atoms with E-state index in [9.17, 15) is 9.90 Å². The van der Waals surface area contributed by atoms with Crippen LogP contribution in [0, 0.1) is 0 Å². The fourth-order valence-corrected chi connectivity index (χ4v) is 2.66. The van der Waals surface area contributed by atoms with Crippen molar-refractivity contribution in [3.8, 4) is 11.5 Å². The van der Waals surface area contributed by atoms with Gasteiger partial charge in [-0.15, -0.1) is 0 Å². The van der Waals surface area contributed by atoms with E-state index in [4.69, 9.17) is 16.3 Å². The minimum atomic E-state index is -0.176. The average Bonchev–Trinajstić information content (AvgIpc) is 2.81. The van der Waals surface area contributed by atoms with E-state index in [1.165, 1.54) is 0 Å². The molecule has 118 valence electrons. The Bertz CT molecular complexity index is 795. The second-order valence-electron chi connectivity index (χ2n) is 5.82. The number of ketones is 1. The predicted octanol–water partition coefficient (Wildman–Crippen LogP) is 2.31. The van der Waals surface area contributed by atoms with Gasteiger partial charge in [-0.25, -0.2) is 0 Å². The van der Waals surface area contributed by atoms with Crippen molar-refractivity contribution in [3.63, 3.8) is 0 Å². The molecule has 0 aliphatic carbocycles. The van der Waals surface area contributed by atoms with Crippen molar-refractivity contribution >= 4 is 23.5 Å². The number of quaternary nitrogens is 1. The number of nitrogens with one attached hydrogen (secondary N) is 1. The van der Waals surface area contributed by atoms with Crippen LogP contribution in [0.5, 0.6) is 11.5 Å². The van der Waals surface area contributed by atoms with E-state index in [2.05, 4.69) is 0 Å². The van der Waals surface area contributed by atoms with Crippen LogP contribution in [0.3, 0.4) is 0 Å². The molecular formula is C18H17ClNO3+. The molecule has 1 aliphatic rings. The molecule has 0 saturated heterocycles. The first-order valence-electron chi connectivity index (χ1n) is 7.29. The zero-order chi connectivity index (χ0) is 16.6. The quantitative estimate of drug-likeness (QED) is 0.849. The van der Waals surface area contributed by atoms with Crippen LogP contribution in [-0.2, 0) is 6.54 Å². The van der Waals surface area contributed by atoms with E-state index in [-0.39, 0.29) is 17.3 Å². The molecule has 2 N–H and O–H groups in total. The molecule has 0 aromatic heterocycles. The number of hydrogen-bond acceptors (Lipinski definition) is 3. The summed E-state index contributed by atoms with van der Waals surface area (Å²) in [4.78, 5) is 13.6. The van der Waals surface area contributed by atoms with Crippen LogP contribution >= 0.6 is 11.6 Å². The lowest BCUT2D eigenvalue weighted by Gasteiger charge is -2.11. The molecule has 2 aromatic rings. The van der Waals surface area contributed by atoms with Gasteiger partial charge < -0.3 is 14.7 Å². The number of benzene rings is 2. The molecule has 23 heavy (non-hydrogen) atoms. The average molecular weight is 331 g/mol. The number of carbonyl (C=O) groups excluding carboxylic acids is 1. The van der Waals surface area contributed by atoms with Crippen molar-refractivity contribution in [2.24, 2.45) is 0 Å². The third-order valence-corrected chi connectivity index (χ3v) is 3.87. The lowest BCUT2D eigenvalue weighted by Crippen LogP contribution is -3.04. The van der Waals surface area contributed by atoms with E-state index in [0.29, 0.717) is 28.4 Å². The first-order chi connectivity index (χ1) is 11.0. The fourth-order valence-electron chi connectivity index (χ4n) is 2.53. The van der Waals surface area contributed by atoms with Gasteiger partial charge in [-0.2, -0.15) is 0 Å². The van der Waals surface area contributed by atoms with Gasteiger partial charge in [0.25, 0.3) is 0 Å². The Morgan fingerprint density at radius 3 is 2.52 bits per heavy atom. The molecule has 0 bridgehead atoms. The van der Waals surface area contributed by atoms with Crippen LogP contribution in [0.2, 0.25) is 5.02 Å². The maximum atomic E-state index is 12.5. The number of allylic oxidation sites excluding steroid dienone is 1. The van der Waals surface area contributed by atoms with Crippen LogP contribution in [0.25, 0.3) is 6.08 Å². The molecule has 0 spiro atoms. The molecule has 0 amide bonds. The van der Waals surface area contributed by atoms with E-state index in [0.717, 1.165) is 10.5 Å². The van der Waals surface area contributed by atoms with Crippen molar-refractivity contribution in [3.05, 3.63) is 63.9 Å². The van der Waals surface area contributed by atoms with Gasteiger partial charge in [-0.05, 0) is 35.9 Å². The zero-order valence-corrected chi connectivity index (χ0v) is 13.6. The van der Waals surface area contributed by atoms with Gasteiger partial charge in [0.05, 0.1) is 25.2 Å². The summed E-state index contributed by atoms with van der Waals surface area (Å²) in [5.41, 5.74) is 1.96.